The average molecular weight is 243 g/mol. The summed E-state index contributed by atoms with van der Waals surface area (Å²) in [6.45, 7) is 5.17. The van der Waals surface area contributed by atoms with Crippen molar-refractivity contribution in [2.24, 2.45) is 16.8 Å². The molecule has 0 saturated carbocycles. The summed E-state index contributed by atoms with van der Waals surface area (Å²) in [6.07, 6.45) is 1.75. The smallest absolute Gasteiger partial charge is 0.228 e. The van der Waals surface area contributed by atoms with E-state index in [9.17, 15) is 4.79 Å². The van der Waals surface area contributed by atoms with Gasteiger partial charge in [-0.1, -0.05) is 5.16 Å². The Bertz CT molecular complexity index is 286. The van der Waals surface area contributed by atoms with E-state index in [2.05, 4.69) is 5.16 Å². The molecule has 1 rings (SSSR count). The Morgan fingerprint density at radius 2 is 2.35 bits per heavy atom. The molecule has 0 bridgehead atoms. The first-order valence-corrected chi connectivity index (χ1v) is 5.91. The van der Waals surface area contributed by atoms with Crippen LogP contribution >= 0.6 is 0 Å². The lowest BCUT2D eigenvalue weighted by Crippen LogP contribution is -2.47. The van der Waals surface area contributed by atoms with Crippen LogP contribution in [0.3, 0.4) is 0 Å². The molecule has 1 amide bonds. The van der Waals surface area contributed by atoms with E-state index in [0.29, 0.717) is 6.61 Å². The first-order chi connectivity index (χ1) is 8.06. The highest BCUT2D eigenvalue weighted by Gasteiger charge is 2.28. The lowest BCUT2D eigenvalue weighted by atomic mass is 10.00. The first kappa shape index (κ1) is 13.8. The van der Waals surface area contributed by atoms with Crippen LogP contribution in [-0.2, 0) is 9.53 Å². The van der Waals surface area contributed by atoms with E-state index in [1.54, 1.807) is 4.90 Å². The van der Waals surface area contributed by atoms with Crippen molar-refractivity contribution in [3.8, 4) is 0 Å². The Kier molecular flexibility index (Phi) is 5.21. The fourth-order valence-corrected chi connectivity index (χ4v) is 1.89. The number of amidine groups is 1. The number of amides is 1. The summed E-state index contributed by atoms with van der Waals surface area (Å²) in [5.41, 5.74) is 5.45. The molecule has 17 heavy (non-hydrogen) atoms. The number of nitrogens with zero attached hydrogens (tertiary/aromatic N) is 2. The second kappa shape index (κ2) is 6.44. The maximum atomic E-state index is 12.2. The molecule has 0 radical (unpaired) electrons. The predicted molar refractivity (Wildman–Crippen MR) is 63.8 cm³/mol. The molecule has 3 N–H and O–H groups in total. The van der Waals surface area contributed by atoms with Crippen LogP contribution in [0.4, 0.5) is 0 Å². The van der Waals surface area contributed by atoms with E-state index >= 15 is 0 Å². The van der Waals surface area contributed by atoms with Crippen LogP contribution in [0.25, 0.3) is 0 Å². The van der Waals surface area contributed by atoms with Crippen molar-refractivity contribution < 1.29 is 14.7 Å². The van der Waals surface area contributed by atoms with E-state index in [4.69, 9.17) is 15.7 Å². The average Bonchev–Trinajstić information content (AvgIpc) is 2.35. The molecule has 6 nitrogen and oxygen atoms in total. The fraction of sp³-hybridized carbons (Fsp3) is 0.818. The quantitative estimate of drug-likeness (QED) is 0.324. The maximum absolute atomic E-state index is 12.2. The number of rotatable bonds is 4. The highest BCUT2D eigenvalue weighted by molar-refractivity contribution is 5.88. The summed E-state index contributed by atoms with van der Waals surface area (Å²) >= 11 is 0. The number of hydrogen-bond donors (Lipinski definition) is 2. The minimum atomic E-state index is -0.0994. The van der Waals surface area contributed by atoms with Gasteiger partial charge in [-0.2, -0.15) is 0 Å². The van der Waals surface area contributed by atoms with Gasteiger partial charge in [-0.05, 0) is 26.7 Å². The van der Waals surface area contributed by atoms with Crippen molar-refractivity contribution in [3.63, 3.8) is 0 Å². The molecule has 1 heterocycles. The van der Waals surface area contributed by atoms with Crippen LogP contribution in [0, 0.1) is 5.92 Å². The lowest BCUT2D eigenvalue weighted by molar-refractivity contribution is -0.140. The second-order valence-electron chi connectivity index (χ2n) is 4.57. The SMILES string of the molecule is CC(C)N(CC(N)=NO)C(=O)C1CCCOC1. The van der Waals surface area contributed by atoms with Gasteiger partial charge in [0.05, 0.1) is 19.1 Å². The van der Waals surface area contributed by atoms with Gasteiger partial charge < -0.3 is 20.6 Å². The molecule has 0 aromatic heterocycles. The lowest BCUT2D eigenvalue weighted by Gasteiger charge is -2.31. The minimum absolute atomic E-state index is 0.0183. The van der Waals surface area contributed by atoms with Crippen molar-refractivity contribution in [1.82, 2.24) is 4.90 Å². The molecule has 1 unspecified atom stereocenters. The molecule has 1 aliphatic rings. The third-order valence-electron chi connectivity index (χ3n) is 2.88. The van der Waals surface area contributed by atoms with Gasteiger partial charge in [0.15, 0.2) is 5.84 Å². The van der Waals surface area contributed by atoms with Crippen LogP contribution in [0.2, 0.25) is 0 Å². The number of hydrogen-bond acceptors (Lipinski definition) is 4. The molecule has 1 fully saturated rings. The van der Waals surface area contributed by atoms with Crippen LogP contribution in [-0.4, -0.2) is 47.7 Å². The summed E-state index contributed by atoms with van der Waals surface area (Å²) in [5.74, 6) is -0.0345. The zero-order chi connectivity index (χ0) is 12.8. The number of carbonyl (C=O) groups excluding carboxylic acids is 1. The first-order valence-electron chi connectivity index (χ1n) is 5.91. The van der Waals surface area contributed by atoms with Crippen molar-refractivity contribution >= 4 is 11.7 Å². The standard InChI is InChI=1S/C11H21N3O3/c1-8(2)14(6-10(12)13-16)11(15)9-4-3-5-17-7-9/h8-9,16H,3-7H2,1-2H3,(H2,12,13). The van der Waals surface area contributed by atoms with Gasteiger partial charge in [-0.25, -0.2) is 0 Å². The second-order valence-corrected chi connectivity index (χ2v) is 4.57. The summed E-state index contributed by atoms with van der Waals surface area (Å²) in [7, 11) is 0. The van der Waals surface area contributed by atoms with Crippen molar-refractivity contribution in [2.75, 3.05) is 19.8 Å². The van der Waals surface area contributed by atoms with E-state index in [-0.39, 0.29) is 30.2 Å². The Morgan fingerprint density at radius 1 is 1.65 bits per heavy atom. The Morgan fingerprint density at radius 3 is 2.82 bits per heavy atom. The fourth-order valence-electron chi connectivity index (χ4n) is 1.89. The molecule has 1 atom stereocenters. The minimum Gasteiger partial charge on any atom is -0.409 e. The molecule has 0 aromatic carbocycles. The van der Waals surface area contributed by atoms with Crippen molar-refractivity contribution in [1.29, 1.82) is 0 Å². The predicted octanol–water partition coefficient (Wildman–Crippen LogP) is 0.396. The van der Waals surface area contributed by atoms with Gasteiger partial charge in [0.2, 0.25) is 5.91 Å². The van der Waals surface area contributed by atoms with Gasteiger partial charge in [0.25, 0.3) is 0 Å². The van der Waals surface area contributed by atoms with Gasteiger partial charge in [-0.15, -0.1) is 0 Å². The van der Waals surface area contributed by atoms with Crippen LogP contribution in [0.5, 0.6) is 0 Å². The Labute approximate surface area is 101 Å². The molecule has 1 saturated heterocycles. The summed E-state index contributed by atoms with van der Waals surface area (Å²) in [5, 5.41) is 11.5. The third kappa shape index (κ3) is 3.89. The van der Waals surface area contributed by atoms with E-state index in [0.717, 1.165) is 19.4 Å². The van der Waals surface area contributed by atoms with Crippen LogP contribution in [0.1, 0.15) is 26.7 Å². The molecule has 0 spiro atoms. The third-order valence-corrected chi connectivity index (χ3v) is 2.88. The molecule has 1 aliphatic heterocycles. The van der Waals surface area contributed by atoms with E-state index < -0.39 is 0 Å². The van der Waals surface area contributed by atoms with Crippen LogP contribution in [0.15, 0.2) is 5.16 Å². The van der Waals surface area contributed by atoms with Crippen LogP contribution < -0.4 is 5.73 Å². The monoisotopic (exact) mass is 243 g/mol. The molecule has 98 valence electrons. The van der Waals surface area contributed by atoms with Gasteiger partial charge in [-0.3, -0.25) is 4.79 Å². The van der Waals surface area contributed by atoms with E-state index in [1.165, 1.54) is 0 Å². The zero-order valence-electron chi connectivity index (χ0n) is 10.4. The largest absolute Gasteiger partial charge is 0.409 e. The molecule has 0 aromatic rings. The highest BCUT2D eigenvalue weighted by Crippen LogP contribution is 2.17. The summed E-state index contributed by atoms with van der Waals surface area (Å²) in [4.78, 5) is 13.9. The Balaban J connectivity index is 2.65. The zero-order valence-corrected chi connectivity index (χ0v) is 10.4. The number of oxime groups is 1. The Hall–Kier alpha value is -1.30. The van der Waals surface area contributed by atoms with Gasteiger partial charge in [0.1, 0.15) is 0 Å². The number of ether oxygens (including phenoxy) is 1. The number of nitrogens with two attached hydrogens (primary N) is 1. The molecule has 0 aliphatic carbocycles. The van der Waals surface area contributed by atoms with E-state index in [1.807, 2.05) is 13.8 Å². The summed E-state index contributed by atoms with van der Waals surface area (Å²) < 4.78 is 5.31. The molecular formula is C11H21N3O3. The molecular weight excluding hydrogens is 222 g/mol. The highest BCUT2D eigenvalue weighted by atomic mass is 16.5. The van der Waals surface area contributed by atoms with Crippen molar-refractivity contribution in [2.45, 2.75) is 32.7 Å². The summed E-state index contributed by atoms with van der Waals surface area (Å²) in [6, 6.07) is 0.0183. The van der Waals surface area contributed by atoms with Crippen molar-refractivity contribution in [3.05, 3.63) is 0 Å². The number of carbonyl (C=O) groups is 1. The van der Waals surface area contributed by atoms with Gasteiger partial charge in [0, 0.05) is 12.6 Å². The molecule has 6 heteroatoms. The van der Waals surface area contributed by atoms with Gasteiger partial charge >= 0.3 is 0 Å². The normalized spacial score (nSPS) is 21.6. The topological polar surface area (TPSA) is 88.1 Å². The maximum Gasteiger partial charge on any atom is 0.228 e.